The van der Waals surface area contributed by atoms with Crippen LogP contribution in [0.3, 0.4) is 0 Å². The Hall–Kier alpha value is -2.33. The average Bonchev–Trinajstić information content (AvgIpc) is 2.95. The van der Waals surface area contributed by atoms with Crippen LogP contribution in [-0.4, -0.2) is 29.6 Å². The highest BCUT2D eigenvalue weighted by Crippen LogP contribution is 2.24. The predicted octanol–water partition coefficient (Wildman–Crippen LogP) is 2.95. The molecule has 0 bridgehead atoms. The van der Waals surface area contributed by atoms with Crippen molar-refractivity contribution in [1.29, 1.82) is 0 Å². The Morgan fingerprint density at radius 2 is 1.86 bits per heavy atom. The van der Waals surface area contributed by atoms with Crippen LogP contribution in [0, 0.1) is 0 Å². The summed E-state index contributed by atoms with van der Waals surface area (Å²) in [5.74, 6) is 0.0120. The van der Waals surface area contributed by atoms with E-state index < -0.39 is 5.97 Å². The summed E-state index contributed by atoms with van der Waals surface area (Å²) in [5.41, 5.74) is 4.02. The van der Waals surface area contributed by atoms with Gasteiger partial charge < -0.3 is 9.84 Å². The number of ether oxygens (including phenoxy) is 1. The first-order chi connectivity index (χ1) is 10.7. The Balaban J connectivity index is 1.60. The van der Waals surface area contributed by atoms with Crippen LogP contribution in [0.15, 0.2) is 42.5 Å². The lowest BCUT2D eigenvalue weighted by molar-refractivity contribution is 0.0696. The second-order valence-corrected chi connectivity index (χ2v) is 5.60. The normalized spacial score (nSPS) is 13.9. The third-order valence-corrected chi connectivity index (χ3v) is 4.12. The summed E-state index contributed by atoms with van der Waals surface area (Å²) in [5, 5.41) is 9.05. The minimum absolute atomic E-state index is 0.371. The van der Waals surface area contributed by atoms with E-state index in [4.69, 9.17) is 9.84 Å². The molecule has 0 aliphatic carbocycles. The van der Waals surface area contributed by atoms with Crippen molar-refractivity contribution in [3.63, 3.8) is 0 Å². The first kappa shape index (κ1) is 14.6. The lowest BCUT2D eigenvalue weighted by atomic mass is 10.1. The van der Waals surface area contributed by atoms with Gasteiger partial charge in [0.25, 0.3) is 0 Å². The molecule has 0 radical (unpaired) electrons. The molecule has 2 aromatic rings. The van der Waals surface area contributed by atoms with Crippen LogP contribution in [0.25, 0.3) is 0 Å². The summed E-state index contributed by atoms with van der Waals surface area (Å²) in [6, 6.07) is 13.6. The van der Waals surface area contributed by atoms with Gasteiger partial charge in [-0.15, -0.1) is 0 Å². The highest BCUT2D eigenvalue weighted by Gasteiger charge is 2.19. The quantitative estimate of drug-likeness (QED) is 0.922. The number of fused-ring (bicyclic) bond motifs is 1. The fourth-order valence-electron chi connectivity index (χ4n) is 2.84. The number of carboxylic acids is 1. The molecular weight excluding hydrogens is 278 g/mol. The van der Waals surface area contributed by atoms with E-state index in [0.717, 1.165) is 37.4 Å². The van der Waals surface area contributed by atoms with Gasteiger partial charge in [-0.2, -0.15) is 0 Å². The molecule has 0 aromatic heterocycles. The van der Waals surface area contributed by atoms with Crippen LogP contribution >= 0.6 is 0 Å². The van der Waals surface area contributed by atoms with Crippen molar-refractivity contribution in [2.24, 2.45) is 0 Å². The Kier molecular flexibility index (Phi) is 4.11. The largest absolute Gasteiger partial charge is 0.497 e. The number of methoxy groups -OCH3 is 1. The van der Waals surface area contributed by atoms with Crippen LogP contribution in [0.1, 0.15) is 27.0 Å². The lowest BCUT2D eigenvalue weighted by Gasteiger charge is -2.14. The van der Waals surface area contributed by atoms with E-state index in [0.29, 0.717) is 5.56 Å². The molecule has 3 rings (SSSR count). The summed E-state index contributed by atoms with van der Waals surface area (Å²) < 4.78 is 5.16. The molecule has 1 N–H and O–H groups in total. The maximum absolute atomic E-state index is 11.0. The van der Waals surface area contributed by atoms with Gasteiger partial charge in [-0.25, -0.2) is 4.79 Å². The first-order valence-corrected chi connectivity index (χ1v) is 7.36. The van der Waals surface area contributed by atoms with Gasteiger partial charge in [0.1, 0.15) is 5.75 Å². The Labute approximate surface area is 130 Å². The molecule has 0 atom stereocenters. The number of carboxylic acid groups (broad SMARTS) is 1. The molecule has 1 aliphatic heterocycles. The van der Waals surface area contributed by atoms with Gasteiger partial charge in [0.2, 0.25) is 0 Å². The van der Waals surface area contributed by atoms with Crippen LogP contribution in [0.2, 0.25) is 0 Å². The van der Waals surface area contributed by atoms with Crippen molar-refractivity contribution in [2.75, 3.05) is 13.7 Å². The van der Waals surface area contributed by atoms with Crippen molar-refractivity contribution >= 4 is 5.97 Å². The predicted molar refractivity (Wildman–Crippen MR) is 84.2 cm³/mol. The number of hydrogen-bond acceptors (Lipinski definition) is 3. The molecule has 114 valence electrons. The number of carbonyl (C=O) groups is 1. The standard InChI is InChI=1S/C18H19NO3/c1-22-17-6-2-13(3-7-17)8-9-19-11-15-5-4-14(18(20)21)10-16(15)12-19/h2-7,10H,8-9,11-12H2,1H3,(H,20,21). The van der Waals surface area contributed by atoms with Gasteiger partial charge in [-0.1, -0.05) is 18.2 Å². The third-order valence-electron chi connectivity index (χ3n) is 4.12. The van der Waals surface area contributed by atoms with Crippen molar-refractivity contribution in [3.05, 3.63) is 64.7 Å². The molecule has 0 spiro atoms. The zero-order valence-electron chi connectivity index (χ0n) is 12.6. The number of benzene rings is 2. The van der Waals surface area contributed by atoms with Crippen molar-refractivity contribution in [1.82, 2.24) is 4.90 Å². The molecule has 0 fully saturated rings. The molecular formula is C18H19NO3. The zero-order chi connectivity index (χ0) is 15.5. The number of nitrogens with zero attached hydrogens (tertiary/aromatic N) is 1. The fraction of sp³-hybridized carbons (Fsp3) is 0.278. The van der Waals surface area contributed by atoms with E-state index in [1.54, 1.807) is 19.2 Å². The minimum atomic E-state index is -0.862. The topological polar surface area (TPSA) is 49.8 Å². The van der Waals surface area contributed by atoms with Gasteiger partial charge in [0, 0.05) is 19.6 Å². The molecule has 1 aliphatic rings. The highest BCUT2D eigenvalue weighted by molar-refractivity contribution is 5.87. The van der Waals surface area contributed by atoms with E-state index in [2.05, 4.69) is 17.0 Å². The second-order valence-electron chi connectivity index (χ2n) is 5.60. The van der Waals surface area contributed by atoms with Crippen LogP contribution in [0.5, 0.6) is 5.75 Å². The van der Waals surface area contributed by atoms with E-state index in [1.165, 1.54) is 11.1 Å². The molecule has 0 saturated heterocycles. The van der Waals surface area contributed by atoms with E-state index in [-0.39, 0.29) is 0 Å². The number of aromatic carboxylic acids is 1. The third kappa shape index (κ3) is 3.12. The molecule has 0 unspecified atom stereocenters. The van der Waals surface area contributed by atoms with E-state index in [1.807, 2.05) is 18.2 Å². The van der Waals surface area contributed by atoms with Gasteiger partial charge in [-0.3, -0.25) is 4.90 Å². The van der Waals surface area contributed by atoms with Gasteiger partial charge >= 0.3 is 5.97 Å². The Morgan fingerprint density at radius 3 is 2.55 bits per heavy atom. The molecule has 22 heavy (non-hydrogen) atoms. The molecule has 4 heteroatoms. The van der Waals surface area contributed by atoms with E-state index >= 15 is 0 Å². The monoisotopic (exact) mass is 297 g/mol. The van der Waals surface area contributed by atoms with Crippen molar-refractivity contribution in [3.8, 4) is 5.75 Å². The van der Waals surface area contributed by atoms with Crippen molar-refractivity contribution < 1.29 is 14.6 Å². The van der Waals surface area contributed by atoms with Crippen LogP contribution in [-0.2, 0) is 19.5 Å². The number of hydrogen-bond donors (Lipinski definition) is 1. The summed E-state index contributed by atoms with van der Waals surface area (Å²) in [7, 11) is 1.67. The highest BCUT2D eigenvalue weighted by atomic mass is 16.5. The SMILES string of the molecule is COc1ccc(CCN2Cc3ccc(C(=O)O)cc3C2)cc1. The summed E-state index contributed by atoms with van der Waals surface area (Å²) in [6.07, 6.45) is 0.976. The number of rotatable bonds is 5. The first-order valence-electron chi connectivity index (χ1n) is 7.36. The zero-order valence-corrected chi connectivity index (χ0v) is 12.6. The summed E-state index contributed by atoms with van der Waals surface area (Å²) >= 11 is 0. The molecule has 0 amide bonds. The fourth-order valence-corrected chi connectivity index (χ4v) is 2.84. The minimum Gasteiger partial charge on any atom is -0.497 e. The summed E-state index contributed by atoms with van der Waals surface area (Å²) in [4.78, 5) is 13.4. The van der Waals surface area contributed by atoms with E-state index in [9.17, 15) is 4.79 Å². The maximum Gasteiger partial charge on any atom is 0.335 e. The second kappa shape index (κ2) is 6.20. The molecule has 4 nitrogen and oxygen atoms in total. The van der Waals surface area contributed by atoms with Gasteiger partial charge in [0.15, 0.2) is 0 Å². The van der Waals surface area contributed by atoms with Crippen molar-refractivity contribution in [2.45, 2.75) is 19.5 Å². The lowest BCUT2D eigenvalue weighted by Crippen LogP contribution is -2.19. The van der Waals surface area contributed by atoms with Crippen LogP contribution in [0.4, 0.5) is 0 Å². The molecule has 0 saturated carbocycles. The Bertz CT molecular complexity index is 679. The Morgan fingerprint density at radius 1 is 1.14 bits per heavy atom. The smallest absolute Gasteiger partial charge is 0.335 e. The van der Waals surface area contributed by atoms with Gasteiger partial charge in [0.05, 0.1) is 12.7 Å². The van der Waals surface area contributed by atoms with Crippen LogP contribution < -0.4 is 4.74 Å². The average molecular weight is 297 g/mol. The molecule has 2 aromatic carbocycles. The van der Waals surface area contributed by atoms with Gasteiger partial charge in [-0.05, 0) is 47.4 Å². The molecule has 1 heterocycles. The maximum atomic E-state index is 11.0. The summed E-state index contributed by atoms with van der Waals surface area (Å²) in [6.45, 7) is 2.68.